The van der Waals surface area contributed by atoms with Crippen molar-refractivity contribution >= 4 is 6.47 Å². The quantitative estimate of drug-likeness (QED) is 0.600. The Kier molecular flexibility index (Phi) is 3.40. The highest BCUT2D eigenvalue weighted by Crippen LogP contribution is 2.23. The van der Waals surface area contributed by atoms with E-state index < -0.39 is 0 Å². The van der Waals surface area contributed by atoms with Crippen LogP contribution in [-0.2, 0) is 9.53 Å². The number of hydrogen-bond acceptors (Lipinski definition) is 2. The summed E-state index contributed by atoms with van der Waals surface area (Å²) in [6.45, 7) is 9.46. The van der Waals surface area contributed by atoms with Gasteiger partial charge in [0.1, 0.15) is 5.60 Å². The maximum atomic E-state index is 9.94. The van der Waals surface area contributed by atoms with Crippen molar-refractivity contribution in [3.63, 3.8) is 0 Å². The van der Waals surface area contributed by atoms with Crippen LogP contribution in [0.15, 0.2) is 0 Å². The Morgan fingerprint density at radius 1 is 1.60 bits per heavy atom. The molecule has 2 nitrogen and oxygen atoms in total. The molecule has 0 aliphatic heterocycles. The molecule has 0 heterocycles. The Bertz CT molecular complexity index is 110. The molecular formula is C8H15O2. The van der Waals surface area contributed by atoms with Crippen molar-refractivity contribution in [2.24, 2.45) is 5.92 Å². The van der Waals surface area contributed by atoms with E-state index in [9.17, 15) is 4.79 Å². The maximum absolute atomic E-state index is 9.94. The minimum absolute atomic E-state index is 0.332. The molecule has 0 aromatic rings. The highest BCUT2D eigenvalue weighted by molar-refractivity contribution is 5.39. The first-order chi connectivity index (χ1) is 4.56. The van der Waals surface area contributed by atoms with Crippen LogP contribution >= 0.6 is 0 Å². The molecule has 0 bridgehead atoms. The fourth-order valence-electron chi connectivity index (χ4n) is 0.693. The standard InChI is InChI=1S/C8H15O2/c1-5-8(4,7(2)3)10-6-9/h7H,5H2,1-4H3. The van der Waals surface area contributed by atoms with Gasteiger partial charge in [0, 0.05) is 0 Å². The number of hydrogen-bond donors (Lipinski definition) is 0. The Morgan fingerprint density at radius 3 is 2.20 bits per heavy atom. The van der Waals surface area contributed by atoms with Gasteiger partial charge in [0.25, 0.3) is 0 Å². The van der Waals surface area contributed by atoms with E-state index in [2.05, 4.69) is 0 Å². The van der Waals surface area contributed by atoms with Gasteiger partial charge in [-0.2, -0.15) is 0 Å². The molecule has 0 rings (SSSR count). The lowest BCUT2D eigenvalue weighted by Gasteiger charge is -2.29. The topological polar surface area (TPSA) is 26.3 Å². The molecule has 59 valence electrons. The Hall–Kier alpha value is -0.530. The van der Waals surface area contributed by atoms with Gasteiger partial charge in [-0.25, -0.2) is 4.79 Å². The van der Waals surface area contributed by atoms with Gasteiger partial charge in [0.05, 0.1) is 0 Å². The molecule has 2 heteroatoms. The molecule has 0 N–H and O–H groups in total. The molecule has 0 saturated carbocycles. The van der Waals surface area contributed by atoms with Crippen molar-refractivity contribution in [3.8, 4) is 0 Å². The minimum atomic E-state index is -0.332. The van der Waals surface area contributed by atoms with Crippen molar-refractivity contribution in [2.75, 3.05) is 0 Å². The molecule has 1 unspecified atom stereocenters. The zero-order valence-electron chi connectivity index (χ0n) is 7.10. The molecule has 0 aromatic heterocycles. The van der Waals surface area contributed by atoms with E-state index in [1.54, 1.807) is 0 Å². The van der Waals surface area contributed by atoms with Crippen LogP contribution in [0.3, 0.4) is 0 Å². The molecule has 0 aliphatic rings. The van der Waals surface area contributed by atoms with Crippen molar-refractivity contribution in [3.05, 3.63) is 0 Å². The summed E-state index contributed by atoms with van der Waals surface area (Å²) in [5.41, 5.74) is -0.332. The van der Waals surface area contributed by atoms with Gasteiger partial charge < -0.3 is 4.74 Å². The Labute approximate surface area is 62.6 Å². The maximum Gasteiger partial charge on any atom is 0.418 e. The number of carbonyl (C=O) groups excluding carboxylic acids is 1. The van der Waals surface area contributed by atoms with E-state index in [0.29, 0.717) is 5.92 Å². The SMILES string of the molecule is CCC(C)(O[C]=O)C(C)C. The van der Waals surface area contributed by atoms with Gasteiger partial charge in [-0.15, -0.1) is 0 Å². The van der Waals surface area contributed by atoms with E-state index >= 15 is 0 Å². The summed E-state index contributed by atoms with van der Waals surface area (Å²) in [5, 5.41) is 0. The minimum Gasteiger partial charge on any atom is -0.451 e. The van der Waals surface area contributed by atoms with Crippen LogP contribution in [0.5, 0.6) is 0 Å². The van der Waals surface area contributed by atoms with Gasteiger partial charge in [0.15, 0.2) is 0 Å². The fraction of sp³-hybridized carbons (Fsp3) is 0.875. The van der Waals surface area contributed by atoms with Crippen LogP contribution in [0.2, 0.25) is 0 Å². The predicted molar refractivity (Wildman–Crippen MR) is 40.3 cm³/mol. The smallest absolute Gasteiger partial charge is 0.418 e. The van der Waals surface area contributed by atoms with Crippen LogP contribution in [0.25, 0.3) is 0 Å². The molecule has 10 heavy (non-hydrogen) atoms. The van der Waals surface area contributed by atoms with E-state index in [0.717, 1.165) is 6.42 Å². The van der Waals surface area contributed by atoms with Crippen LogP contribution < -0.4 is 0 Å². The van der Waals surface area contributed by atoms with Crippen molar-refractivity contribution in [2.45, 2.75) is 39.7 Å². The third-order valence-electron chi connectivity index (χ3n) is 2.20. The summed E-state index contributed by atoms with van der Waals surface area (Å²) >= 11 is 0. The average Bonchev–Trinajstić information content (AvgIpc) is 1.88. The zero-order chi connectivity index (χ0) is 8.20. The molecule has 0 fully saturated rings. The first-order valence-electron chi connectivity index (χ1n) is 3.62. The van der Waals surface area contributed by atoms with Gasteiger partial charge in [-0.05, 0) is 19.3 Å². The number of ether oxygens (including phenoxy) is 1. The molecule has 0 spiro atoms. The highest BCUT2D eigenvalue weighted by Gasteiger charge is 2.27. The Balaban J connectivity index is 4.07. The number of rotatable bonds is 4. The lowest BCUT2D eigenvalue weighted by atomic mass is 9.90. The third kappa shape index (κ3) is 2.01. The second-order valence-corrected chi connectivity index (χ2v) is 3.01. The van der Waals surface area contributed by atoms with E-state index in [1.807, 2.05) is 27.7 Å². The van der Waals surface area contributed by atoms with Gasteiger partial charge in [-0.3, -0.25) is 0 Å². The molecule has 0 aromatic carbocycles. The molecular weight excluding hydrogens is 128 g/mol. The lowest BCUT2D eigenvalue weighted by Crippen LogP contribution is -2.33. The third-order valence-corrected chi connectivity index (χ3v) is 2.20. The summed E-state index contributed by atoms with van der Waals surface area (Å²) in [6, 6.07) is 0. The van der Waals surface area contributed by atoms with E-state index in [-0.39, 0.29) is 5.60 Å². The normalized spacial score (nSPS) is 16.5. The van der Waals surface area contributed by atoms with Gasteiger partial charge in [0.2, 0.25) is 0 Å². The Morgan fingerprint density at radius 2 is 2.10 bits per heavy atom. The zero-order valence-corrected chi connectivity index (χ0v) is 7.10. The lowest BCUT2D eigenvalue weighted by molar-refractivity contribution is 0.0211. The molecule has 0 amide bonds. The monoisotopic (exact) mass is 143 g/mol. The van der Waals surface area contributed by atoms with Crippen LogP contribution in [-0.4, -0.2) is 12.1 Å². The van der Waals surface area contributed by atoms with Crippen LogP contribution in [0, 0.1) is 5.92 Å². The second-order valence-electron chi connectivity index (χ2n) is 3.01. The first kappa shape index (κ1) is 9.47. The summed E-state index contributed by atoms with van der Waals surface area (Å²) in [5.74, 6) is 0.346. The van der Waals surface area contributed by atoms with Crippen molar-refractivity contribution in [1.29, 1.82) is 0 Å². The van der Waals surface area contributed by atoms with Crippen LogP contribution in [0.4, 0.5) is 0 Å². The fourth-order valence-corrected chi connectivity index (χ4v) is 0.693. The van der Waals surface area contributed by atoms with Crippen molar-refractivity contribution in [1.82, 2.24) is 0 Å². The largest absolute Gasteiger partial charge is 0.451 e. The molecule has 1 radical (unpaired) electrons. The average molecular weight is 143 g/mol. The molecule has 1 atom stereocenters. The summed E-state index contributed by atoms with van der Waals surface area (Å²) in [6.07, 6.45) is 0.833. The van der Waals surface area contributed by atoms with E-state index in [4.69, 9.17) is 4.74 Å². The van der Waals surface area contributed by atoms with Crippen LogP contribution in [0.1, 0.15) is 34.1 Å². The van der Waals surface area contributed by atoms with Gasteiger partial charge in [-0.1, -0.05) is 20.8 Å². The summed E-state index contributed by atoms with van der Waals surface area (Å²) in [4.78, 5) is 9.94. The van der Waals surface area contributed by atoms with E-state index in [1.165, 1.54) is 6.47 Å². The first-order valence-corrected chi connectivity index (χ1v) is 3.62. The molecule has 0 saturated heterocycles. The predicted octanol–water partition coefficient (Wildman–Crippen LogP) is 1.89. The van der Waals surface area contributed by atoms with Gasteiger partial charge >= 0.3 is 6.47 Å². The van der Waals surface area contributed by atoms with Crippen molar-refractivity contribution < 1.29 is 9.53 Å². The highest BCUT2D eigenvalue weighted by atomic mass is 16.5. The second kappa shape index (κ2) is 3.59. The summed E-state index contributed by atoms with van der Waals surface area (Å²) < 4.78 is 4.83. The molecule has 0 aliphatic carbocycles. The summed E-state index contributed by atoms with van der Waals surface area (Å²) in [7, 11) is 0.